The van der Waals surface area contributed by atoms with Crippen LogP contribution in [0.25, 0.3) is 0 Å². The average molecular weight is 241 g/mol. The van der Waals surface area contributed by atoms with Crippen molar-refractivity contribution in [3.63, 3.8) is 0 Å². The molecule has 1 unspecified atom stereocenters. The van der Waals surface area contributed by atoms with E-state index in [1.54, 1.807) is 0 Å². The van der Waals surface area contributed by atoms with E-state index < -0.39 is 6.09 Å². The average Bonchev–Trinajstić information content (AvgIpc) is 2.29. The Hall–Kier alpha value is -0.810. The van der Waals surface area contributed by atoms with Gasteiger partial charge in [-0.25, -0.2) is 4.79 Å². The molecule has 98 valence electrons. The van der Waals surface area contributed by atoms with E-state index in [-0.39, 0.29) is 6.04 Å². The van der Waals surface area contributed by atoms with E-state index in [1.165, 1.54) is 6.42 Å². The van der Waals surface area contributed by atoms with E-state index in [1.807, 2.05) is 0 Å². The molecule has 1 aliphatic carbocycles. The van der Waals surface area contributed by atoms with Crippen LogP contribution in [-0.4, -0.2) is 66.3 Å². The molecule has 5 nitrogen and oxygen atoms in total. The monoisotopic (exact) mass is 241 g/mol. The Bertz CT molecular complexity index is 264. The number of carbonyl (C=O) groups is 1. The molecule has 2 aliphatic rings. The van der Waals surface area contributed by atoms with Gasteiger partial charge in [-0.15, -0.1) is 0 Å². The summed E-state index contributed by atoms with van der Waals surface area (Å²) in [7, 11) is 2.16. The van der Waals surface area contributed by atoms with Crippen LogP contribution in [0.1, 0.15) is 25.7 Å². The first-order chi connectivity index (χ1) is 8.15. The number of rotatable bonds is 2. The molecule has 2 rings (SSSR count). The molecule has 2 atom stereocenters. The van der Waals surface area contributed by atoms with Gasteiger partial charge in [0.25, 0.3) is 0 Å². The van der Waals surface area contributed by atoms with Gasteiger partial charge >= 0.3 is 6.09 Å². The van der Waals surface area contributed by atoms with Crippen molar-refractivity contribution in [1.82, 2.24) is 15.1 Å². The highest BCUT2D eigenvalue weighted by molar-refractivity contribution is 5.64. The zero-order valence-electron chi connectivity index (χ0n) is 10.6. The first-order valence-electron chi connectivity index (χ1n) is 6.57. The zero-order valence-corrected chi connectivity index (χ0v) is 10.6. The van der Waals surface area contributed by atoms with Gasteiger partial charge in [0.1, 0.15) is 0 Å². The van der Waals surface area contributed by atoms with Crippen LogP contribution in [0.5, 0.6) is 0 Å². The predicted octanol–water partition coefficient (Wildman–Crippen LogP) is 0.813. The Balaban J connectivity index is 1.82. The number of carboxylic acid groups (broad SMARTS) is 1. The van der Waals surface area contributed by atoms with Gasteiger partial charge < -0.3 is 15.3 Å². The van der Waals surface area contributed by atoms with Crippen LogP contribution in [0.2, 0.25) is 0 Å². The van der Waals surface area contributed by atoms with Gasteiger partial charge in [0.2, 0.25) is 0 Å². The fraction of sp³-hybridized carbons (Fsp3) is 0.917. The molecule has 0 aromatic carbocycles. The van der Waals surface area contributed by atoms with E-state index >= 15 is 0 Å². The maximum atomic E-state index is 10.7. The van der Waals surface area contributed by atoms with Crippen LogP contribution in [0.3, 0.4) is 0 Å². The molecule has 1 saturated carbocycles. The summed E-state index contributed by atoms with van der Waals surface area (Å²) in [6.45, 7) is 4.52. The maximum Gasteiger partial charge on any atom is 0.404 e. The Morgan fingerprint density at radius 3 is 2.59 bits per heavy atom. The molecule has 0 radical (unpaired) electrons. The van der Waals surface area contributed by atoms with Gasteiger partial charge in [-0.2, -0.15) is 0 Å². The fourth-order valence-corrected chi connectivity index (χ4v) is 2.99. The molecule has 2 N–H and O–H groups in total. The lowest BCUT2D eigenvalue weighted by molar-refractivity contribution is 0.0823. The number of likely N-dealkylation sites (N-methyl/N-ethyl adjacent to an activating group) is 1. The van der Waals surface area contributed by atoms with Crippen LogP contribution in [0.15, 0.2) is 0 Å². The highest BCUT2D eigenvalue weighted by atomic mass is 16.4. The van der Waals surface area contributed by atoms with E-state index in [4.69, 9.17) is 5.11 Å². The predicted molar refractivity (Wildman–Crippen MR) is 66.3 cm³/mol. The minimum atomic E-state index is -0.881. The van der Waals surface area contributed by atoms with E-state index in [2.05, 4.69) is 22.2 Å². The number of piperazine rings is 1. The van der Waals surface area contributed by atoms with Crippen molar-refractivity contribution < 1.29 is 9.90 Å². The molecule has 5 heteroatoms. The molecule has 0 bridgehead atoms. The smallest absolute Gasteiger partial charge is 0.404 e. The molecule has 0 spiro atoms. The molecular formula is C12H23N3O2. The summed E-state index contributed by atoms with van der Waals surface area (Å²) in [6, 6.07) is 0.736. The number of hydrogen-bond donors (Lipinski definition) is 2. The zero-order chi connectivity index (χ0) is 12.3. The fourth-order valence-electron chi connectivity index (χ4n) is 2.99. The maximum absolute atomic E-state index is 10.7. The Labute approximate surface area is 103 Å². The number of nitrogens with one attached hydrogen (secondary N) is 1. The molecular weight excluding hydrogens is 218 g/mol. The molecule has 17 heavy (non-hydrogen) atoms. The topological polar surface area (TPSA) is 55.8 Å². The van der Waals surface area contributed by atoms with Crippen LogP contribution in [0, 0.1) is 0 Å². The lowest BCUT2D eigenvalue weighted by Gasteiger charge is -2.41. The van der Waals surface area contributed by atoms with Crippen molar-refractivity contribution in [2.24, 2.45) is 0 Å². The minimum absolute atomic E-state index is 0.158. The van der Waals surface area contributed by atoms with Crippen molar-refractivity contribution in [2.75, 3.05) is 33.2 Å². The van der Waals surface area contributed by atoms with Gasteiger partial charge in [0, 0.05) is 38.3 Å². The van der Waals surface area contributed by atoms with Crippen LogP contribution in [-0.2, 0) is 0 Å². The number of amides is 1. The van der Waals surface area contributed by atoms with Crippen molar-refractivity contribution in [3.05, 3.63) is 0 Å². The van der Waals surface area contributed by atoms with Crippen LogP contribution < -0.4 is 5.32 Å². The van der Waals surface area contributed by atoms with Gasteiger partial charge in [0.05, 0.1) is 0 Å². The number of nitrogens with zero attached hydrogens (tertiary/aromatic N) is 2. The Kier molecular flexibility index (Phi) is 4.23. The quantitative estimate of drug-likeness (QED) is 0.751. The second-order valence-corrected chi connectivity index (χ2v) is 5.31. The Morgan fingerprint density at radius 1 is 1.24 bits per heavy atom. The second-order valence-electron chi connectivity index (χ2n) is 5.31. The van der Waals surface area contributed by atoms with Gasteiger partial charge in [-0.1, -0.05) is 0 Å². The van der Waals surface area contributed by atoms with E-state index in [0.717, 1.165) is 45.4 Å². The van der Waals surface area contributed by atoms with Crippen molar-refractivity contribution in [2.45, 2.75) is 37.8 Å². The molecule has 2 fully saturated rings. The third-order valence-corrected chi connectivity index (χ3v) is 4.03. The summed E-state index contributed by atoms with van der Waals surface area (Å²) in [5.41, 5.74) is 0. The lowest BCUT2D eigenvalue weighted by atomic mass is 9.89. The van der Waals surface area contributed by atoms with Crippen LogP contribution in [0.4, 0.5) is 4.79 Å². The first-order valence-corrected chi connectivity index (χ1v) is 6.57. The summed E-state index contributed by atoms with van der Waals surface area (Å²) >= 11 is 0. The van der Waals surface area contributed by atoms with Gasteiger partial charge in [-0.05, 0) is 32.7 Å². The highest BCUT2D eigenvalue weighted by Crippen LogP contribution is 2.24. The highest BCUT2D eigenvalue weighted by Gasteiger charge is 2.28. The van der Waals surface area contributed by atoms with Gasteiger partial charge in [0.15, 0.2) is 0 Å². The summed E-state index contributed by atoms with van der Waals surface area (Å²) in [5, 5.41) is 11.4. The standard InChI is InChI=1S/C12H23N3O2/c1-14-5-7-15(8-6-14)11-4-2-3-10(9-11)13-12(16)17/h10-11,13H,2-9H2,1H3,(H,16,17)/t10?,11-/m1/s1. The van der Waals surface area contributed by atoms with E-state index in [0.29, 0.717) is 6.04 Å². The summed E-state index contributed by atoms with van der Waals surface area (Å²) < 4.78 is 0. The normalized spacial score (nSPS) is 32.3. The molecule has 1 saturated heterocycles. The Morgan fingerprint density at radius 2 is 1.94 bits per heavy atom. The summed E-state index contributed by atoms with van der Waals surface area (Å²) in [5.74, 6) is 0. The van der Waals surface area contributed by atoms with Gasteiger partial charge in [-0.3, -0.25) is 4.90 Å². The molecule has 0 aromatic heterocycles. The second kappa shape index (κ2) is 5.69. The van der Waals surface area contributed by atoms with Crippen molar-refractivity contribution in [1.29, 1.82) is 0 Å². The van der Waals surface area contributed by atoms with Crippen molar-refractivity contribution >= 4 is 6.09 Å². The molecule has 1 aliphatic heterocycles. The molecule has 1 heterocycles. The minimum Gasteiger partial charge on any atom is -0.465 e. The third-order valence-electron chi connectivity index (χ3n) is 4.03. The SMILES string of the molecule is CN1CCN([C@@H]2CCCC(NC(=O)O)C2)CC1. The largest absolute Gasteiger partial charge is 0.465 e. The first kappa shape index (κ1) is 12.6. The van der Waals surface area contributed by atoms with Crippen molar-refractivity contribution in [3.8, 4) is 0 Å². The van der Waals surface area contributed by atoms with Crippen LogP contribution >= 0.6 is 0 Å². The number of hydrogen-bond acceptors (Lipinski definition) is 3. The summed E-state index contributed by atoms with van der Waals surface area (Å²) in [6.07, 6.45) is 3.46. The lowest BCUT2D eigenvalue weighted by Crippen LogP contribution is -2.52. The third kappa shape index (κ3) is 3.57. The van der Waals surface area contributed by atoms with E-state index in [9.17, 15) is 4.79 Å². The molecule has 1 amide bonds. The molecule has 0 aromatic rings. The summed E-state index contributed by atoms with van der Waals surface area (Å²) in [4.78, 5) is 15.6.